The fourth-order valence-electron chi connectivity index (χ4n) is 0.400. The molecule has 0 aromatic heterocycles. The lowest BCUT2D eigenvalue weighted by Gasteiger charge is -1.84. The third-order valence-corrected chi connectivity index (χ3v) is 1.07. The van der Waals surface area contributed by atoms with Gasteiger partial charge in [0.15, 0.2) is 0 Å². The van der Waals surface area contributed by atoms with Crippen LogP contribution >= 0.6 is 0 Å². The zero-order valence-electron chi connectivity index (χ0n) is 5.94. The predicted octanol–water partition coefficient (Wildman–Crippen LogP) is 3.55. The summed E-state index contributed by atoms with van der Waals surface area (Å²) in [4.78, 5) is 0. The molecule has 0 aromatic carbocycles. The molecule has 54 valence electrons. The summed E-state index contributed by atoms with van der Waals surface area (Å²) in [6, 6.07) is 0. The van der Waals surface area contributed by atoms with E-state index in [0.717, 1.165) is 6.42 Å². The normalized spacial score (nSPS) is 11.7. The number of rotatable bonds is 2. The van der Waals surface area contributed by atoms with Gasteiger partial charge in [0.2, 0.25) is 0 Å². The highest BCUT2D eigenvalue weighted by Gasteiger charge is 1.72. The van der Waals surface area contributed by atoms with Gasteiger partial charge in [0.1, 0.15) is 0 Å². The quantitative estimate of drug-likeness (QED) is 0.496. The predicted molar refractivity (Wildman–Crippen MR) is 45.6 cm³/mol. The molecule has 0 aliphatic heterocycles. The van der Waals surface area contributed by atoms with Crippen molar-refractivity contribution in [3.05, 3.63) is 23.8 Å². The van der Waals surface area contributed by atoms with E-state index in [1.807, 2.05) is 0 Å². The first kappa shape index (κ1) is 11.3. The molecule has 0 saturated heterocycles. The highest BCUT2D eigenvalue weighted by molar-refractivity contribution is 5.14. The largest absolute Gasteiger partial charge is 0.0847 e. The lowest BCUT2D eigenvalue weighted by molar-refractivity contribution is 1.22. The van der Waals surface area contributed by atoms with E-state index >= 15 is 0 Å². The Morgan fingerprint density at radius 1 is 1.44 bits per heavy atom. The van der Waals surface area contributed by atoms with Crippen molar-refractivity contribution in [3.8, 4) is 0 Å². The van der Waals surface area contributed by atoms with E-state index in [0.29, 0.717) is 0 Å². The Bertz CT molecular complexity index is 96.6. The van der Waals surface area contributed by atoms with Crippen LogP contribution in [0.5, 0.6) is 0 Å². The summed E-state index contributed by atoms with van der Waals surface area (Å²) in [5.74, 6) is 0. The van der Waals surface area contributed by atoms with Gasteiger partial charge in [-0.3, -0.25) is 0 Å². The van der Waals surface area contributed by atoms with Gasteiger partial charge in [0.25, 0.3) is 0 Å². The molecular weight excluding hydrogens is 108 g/mol. The summed E-state index contributed by atoms with van der Waals surface area (Å²) >= 11 is 0. The molecular formula is C9H18. The number of hydrogen-bond donors (Lipinski definition) is 0. The maximum atomic E-state index is 2.16. The highest BCUT2D eigenvalue weighted by Crippen LogP contribution is 1.93. The van der Waals surface area contributed by atoms with Crippen LogP contribution in [0.2, 0.25) is 0 Å². The molecule has 0 heterocycles. The summed E-state index contributed by atoms with van der Waals surface area (Å²) in [5.41, 5.74) is 1.34. The maximum Gasteiger partial charge on any atom is -0.0376 e. The first-order valence-electron chi connectivity index (χ1n) is 3.10. The Labute approximate surface area is 59.3 Å². The van der Waals surface area contributed by atoms with E-state index in [9.17, 15) is 0 Å². The Hall–Kier alpha value is -0.520. The molecule has 0 radical (unpaired) electrons. The minimum atomic E-state index is 0. The second-order valence-corrected chi connectivity index (χ2v) is 1.84. The number of hydrogen-bond acceptors (Lipinski definition) is 0. The smallest absolute Gasteiger partial charge is 0.0376 e. The van der Waals surface area contributed by atoms with Crippen molar-refractivity contribution < 1.29 is 0 Å². The van der Waals surface area contributed by atoms with Crippen molar-refractivity contribution in [2.75, 3.05) is 0 Å². The van der Waals surface area contributed by atoms with Crippen LogP contribution in [-0.4, -0.2) is 0 Å². The van der Waals surface area contributed by atoms with Gasteiger partial charge in [0.05, 0.1) is 0 Å². The molecule has 0 saturated carbocycles. The van der Waals surface area contributed by atoms with Gasteiger partial charge in [-0.05, 0) is 20.3 Å². The topological polar surface area (TPSA) is 0 Å². The van der Waals surface area contributed by atoms with Crippen LogP contribution in [0.3, 0.4) is 0 Å². The maximum absolute atomic E-state index is 2.16. The van der Waals surface area contributed by atoms with Crippen molar-refractivity contribution in [2.24, 2.45) is 0 Å². The van der Waals surface area contributed by atoms with Crippen LogP contribution in [0, 0.1) is 0 Å². The molecule has 0 aromatic rings. The van der Waals surface area contributed by atoms with Crippen LogP contribution in [0.25, 0.3) is 0 Å². The summed E-state index contributed by atoms with van der Waals surface area (Å²) in [6.07, 6.45) is 7.53. The van der Waals surface area contributed by atoms with Crippen molar-refractivity contribution in [1.29, 1.82) is 0 Å². The minimum absolute atomic E-state index is 0. The SMILES string of the molecule is C.C/C=C(\C)C=CCC. The molecule has 0 heteroatoms. The Kier molecular flexibility index (Phi) is 9.39. The summed E-state index contributed by atoms with van der Waals surface area (Å²) in [7, 11) is 0. The van der Waals surface area contributed by atoms with Gasteiger partial charge in [-0.2, -0.15) is 0 Å². The average Bonchev–Trinajstić information content (AvgIpc) is 1.83. The molecule has 0 rings (SSSR count). The molecule has 0 spiro atoms. The van der Waals surface area contributed by atoms with Crippen molar-refractivity contribution >= 4 is 0 Å². The van der Waals surface area contributed by atoms with E-state index < -0.39 is 0 Å². The van der Waals surface area contributed by atoms with Crippen LogP contribution in [0.1, 0.15) is 34.6 Å². The Balaban J connectivity index is 0. The molecule has 0 aliphatic carbocycles. The molecule has 0 amide bonds. The van der Waals surface area contributed by atoms with Crippen LogP contribution in [0.4, 0.5) is 0 Å². The van der Waals surface area contributed by atoms with Crippen LogP contribution in [0.15, 0.2) is 23.8 Å². The van der Waals surface area contributed by atoms with Crippen LogP contribution in [-0.2, 0) is 0 Å². The molecule has 0 N–H and O–H groups in total. The molecule has 0 aliphatic rings. The van der Waals surface area contributed by atoms with Gasteiger partial charge in [-0.25, -0.2) is 0 Å². The van der Waals surface area contributed by atoms with E-state index in [-0.39, 0.29) is 7.43 Å². The Morgan fingerprint density at radius 3 is 2.33 bits per heavy atom. The van der Waals surface area contributed by atoms with Crippen molar-refractivity contribution in [3.63, 3.8) is 0 Å². The summed E-state index contributed by atoms with van der Waals surface area (Å²) in [6.45, 7) is 6.29. The monoisotopic (exact) mass is 126 g/mol. The fourth-order valence-corrected chi connectivity index (χ4v) is 0.400. The summed E-state index contributed by atoms with van der Waals surface area (Å²) < 4.78 is 0. The first-order valence-corrected chi connectivity index (χ1v) is 3.10. The summed E-state index contributed by atoms with van der Waals surface area (Å²) in [5, 5.41) is 0. The van der Waals surface area contributed by atoms with Crippen molar-refractivity contribution in [1.82, 2.24) is 0 Å². The van der Waals surface area contributed by atoms with Crippen molar-refractivity contribution in [2.45, 2.75) is 34.6 Å². The van der Waals surface area contributed by atoms with Gasteiger partial charge >= 0.3 is 0 Å². The van der Waals surface area contributed by atoms with Gasteiger partial charge in [-0.1, -0.05) is 38.2 Å². The molecule has 0 fully saturated rings. The van der Waals surface area contributed by atoms with Gasteiger partial charge in [-0.15, -0.1) is 0 Å². The molecule has 0 atom stereocenters. The molecule has 0 bridgehead atoms. The zero-order chi connectivity index (χ0) is 6.41. The second-order valence-electron chi connectivity index (χ2n) is 1.84. The average molecular weight is 126 g/mol. The third-order valence-electron chi connectivity index (χ3n) is 1.07. The lowest BCUT2D eigenvalue weighted by atomic mass is 10.2. The van der Waals surface area contributed by atoms with E-state index in [4.69, 9.17) is 0 Å². The molecule has 0 unspecified atom stereocenters. The van der Waals surface area contributed by atoms with Gasteiger partial charge in [0, 0.05) is 0 Å². The molecule has 0 nitrogen and oxygen atoms in total. The second kappa shape index (κ2) is 7.48. The van der Waals surface area contributed by atoms with Gasteiger partial charge < -0.3 is 0 Å². The fraction of sp³-hybridized carbons (Fsp3) is 0.556. The first-order chi connectivity index (χ1) is 3.81. The van der Waals surface area contributed by atoms with E-state index in [2.05, 4.69) is 39.0 Å². The highest BCUT2D eigenvalue weighted by atomic mass is 13.8. The Morgan fingerprint density at radius 2 is 2.00 bits per heavy atom. The number of allylic oxidation sites excluding steroid dienone is 4. The lowest BCUT2D eigenvalue weighted by Crippen LogP contribution is -1.62. The standard InChI is InChI=1S/C8H14.CH4/c1-4-6-7-8(3)5-2;/h5-7H,4H2,1-3H3;1H4/b7-6?,8-5+;. The molecule has 9 heavy (non-hydrogen) atoms. The van der Waals surface area contributed by atoms with E-state index in [1.165, 1.54) is 5.57 Å². The van der Waals surface area contributed by atoms with Crippen LogP contribution < -0.4 is 0 Å². The van der Waals surface area contributed by atoms with E-state index in [1.54, 1.807) is 0 Å². The minimum Gasteiger partial charge on any atom is -0.0847 e. The third kappa shape index (κ3) is 7.48. The zero-order valence-corrected chi connectivity index (χ0v) is 5.94.